The van der Waals surface area contributed by atoms with E-state index in [-0.39, 0.29) is 41.9 Å². The van der Waals surface area contributed by atoms with E-state index in [1.54, 1.807) is 4.57 Å². The first-order chi connectivity index (χ1) is 12.9. The topological polar surface area (TPSA) is 136 Å². The number of ether oxygens (including phenoxy) is 1. The molecule has 0 saturated heterocycles. The summed E-state index contributed by atoms with van der Waals surface area (Å²) in [5.74, 6) is -0.810. The number of aliphatic hydroxyl groups excluding tert-OH is 1. The zero-order chi connectivity index (χ0) is 19.7. The average Bonchev–Trinajstić information content (AvgIpc) is 3.17. The fraction of sp³-hybridized carbons (Fsp3) is 0.556. The molecule has 0 amide bonds. The predicted molar refractivity (Wildman–Crippen MR) is 99.9 cm³/mol. The van der Waals surface area contributed by atoms with Crippen molar-refractivity contribution in [1.29, 1.82) is 0 Å². The molecule has 0 spiro atoms. The normalized spacial score (nSPS) is 22.7. The standard InChI is InChI=1S/C18H25N5O4/c1-4-10(5-2)17(26)27-13-6-12(9(3)11(13)7-24)23-8-20-14-15(23)21-18(19)22-16(14)25/h8,10-13,24H,3-7H2,1-2H3,(H3,19,21,22,25)/t11-,12-,13-/m0/s1. The SMILES string of the molecule is C=C1[C@H](CO)[C@@H](OC(=O)C(CC)CC)C[C@@H]1n1cnc2c(=O)[nH]c(N)nc21. The van der Waals surface area contributed by atoms with E-state index in [9.17, 15) is 14.7 Å². The largest absolute Gasteiger partial charge is 0.461 e. The van der Waals surface area contributed by atoms with Crippen molar-refractivity contribution in [3.63, 3.8) is 0 Å². The quantitative estimate of drug-likeness (QED) is 0.509. The van der Waals surface area contributed by atoms with Crippen LogP contribution < -0.4 is 11.3 Å². The minimum atomic E-state index is -0.489. The Labute approximate surface area is 156 Å². The molecule has 3 rings (SSSR count). The van der Waals surface area contributed by atoms with E-state index in [0.717, 1.165) is 0 Å². The van der Waals surface area contributed by atoms with Crippen molar-refractivity contribution in [3.05, 3.63) is 28.8 Å². The number of aromatic amines is 1. The van der Waals surface area contributed by atoms with Crippen LogP contribution in [0.15, 0.2) is 23.3 Å². The summed E-state index contributed by atoms with van der Waals surface area (Å²) in [4.78, 5) is 35.1. The molecule has 0 aromatic carbocycles. The number of aromatic nitrogens is 4. The number of anilines is 1. The third kappa shape index (κ3) is 3.34. The maximum atomic E-state index is 12.4. The van der Waals surface area contributed by atoms with E-state index in [4.69, 9.17) is 10.5 Å². The molecule has 1 fully saturated rings. The number of nitrogen functional groups attached to an aromatic ring is 1. The Morgan fingerprint density at radius 1 is 1.52 bits per heavy atom. The lowest BCUT2D eigenvalue weighted by atomic mass is 10.0. The highest BCUT2D eigenvalue weighted by atomic mass is 16.5. The van der Waals surface area contributed by atoms with Gasteiger partial charge in [-0.3, -0.25) is 14.6 Å². The summed E-state index contributed by atoms with van der Waals surface area (Å²) >= 11 is 0. The van der Waals surface area contributed by atoms with E-state index >= 15 is 0 Å². The zero-order valence-corrected chi connectivity index (χ0v) is 15.5. The van der Waals surface area contributed by atoms with Gasteiger partial charge in [-0.05, 0) is 18.4 Å². The summed E-state index contributed by atoms with van der Waals surface area (Å²) in [5, 5.41) is 9.82. The van der Waals surface area contributed by atoms with E-state index < -0.39 is 11.7 Å². The Hall–Kier alpha value is -2.68. The van der Waals surface area contributed by atoms with Crippen molar-refractivity contribution in [1.82, 2.24) is 19.5 Å². The first kappa shape index (κ1) is 19.1. The number of nitrogens with two attached hydrogens (primary N) is 1. The number of imidazole rings is 1. The third-order valence-corrected chi connectivity index (χ3v) is 5.38. The molecular weight excluding hydrogens is 350 g/mol. The number of nitrogens with zero attached hydrogens (tertiary/aromatic N) is 3. The monoisotopic (exact) mass is 375 g/mol. The summed E-state index contributed by atoms with van der Waals surface area (Å²) < 4.78 is 7.42. The number of H-pyrrole nitrogens is 1. The second-order valence-corrected chi connectivity index (χ2v) is 6.88. The first-order valence-corrected chi connectivity index (χ1v) is 9.13. The molecule has 0 unspecified atom stereocenters. The summed E-state index contributed by atoms with van der Waals surface area (Å²) in [6.07, 6.45) is 2.85. The molecule has 9 heteroatoms. The van der Waals surface area contributed by atoms with Crippen molar-refractivity contribution < 1.29 is 14.6 Å². The number of esters is 1. The fourth-order valence-electron chi connectivity index (χ4n) is 3.72. The molecule has 2 aromatic heterocycles. The molecule has 1 aliphatic rings. The zero-order valence-electron chi connectivity index (χ0n) is 15.5. The molecule has 4 N–H and O–H groups in total. The van der Waals surface area contributed by atoms with Gasteiger partial charge in [0.15, 0.2) is 11.2 Å². The fourth-order valence-corrected chi connectivity index (χ4v) is 3.72. The van der Waals surface area contributed by atoms with Gasteiger partial charge in [-0.15, -0.1) is 0 Å². The molecule has 0 radical (unpaired) electrons. The van der Waals surface area contributed by atoms with Gasteiger partial charge in [0.25, 0.3) is 5.56 Å². The molecule has 27 heavy (non-hydrogen) atoms. The second kappa shape index (κ2) is 7.51. The molecule has 0 aliphatic heterocycles. The van der Waals surface area contributed by atoms with Crippen molar-refractivity contribution in [2.45, 2.75) is 45.3 Å². The number of nitrogens with one attached hydrogen (secondary N) is 1. The van der Waals surface area contributed by atoms with Crippen LogP contribution in [-0.2, 0) is 9.53 Å². The molecule has 1 saturated carbocycles. The van der Waals surface area contributed by atoms with Crippen LogP contribution in [0, 0.1) is 11.8 Å². The molecule has 2 heterocycles. The van der Waals surface area contributed by atoms with Crippen LogP contribution in [0.25, 0.3) is 11.2 Å². The van der Waals surface area contributed by atoms with Crippen LogP contribution in [-0.4, -0.2) is 43.3 Å². The van der Waals surface area contributed by atoms with Crippen molar-refractivity contribution >= 4 is 23.1 Å². The van der Waals surface area contributed by atoms with Crippen molar-refractivity contribution in [2.75, 3.05) is 12.3 Å². The lowest BCUT2D eigenvalue weighted by Crippen LogP contribution is -2.28. The lowest BCUT2D eigenvalue weighted by Gasteiger charge is -2.21. The van der Waals surface area contributed by atoms with Gasteiger partial charge in [0, 0.05) is 12.3 Å². The van der Waals surface area contributed by atoms with Gasteiger partial charge in [0.05, 0.1) is 24.9 Å². The Kier molecular flexibility index (Phi) is 5.31. The number of rotatable bonds is 6. The molecule has 0 bridgehead atoms. The second-order valence-electron chi connectivity index (χ2n) is 6.88. The van der Waals surface area contributed by atoms with E-state index in [1.165, 1.54) is 6.33 Å². The summed E-state index contributed by atoms with van der Waals surface area (Å²) in [6, 6.07) is -0.305. The van der Waals surface area contributed by atoms with Crippen molar-refractivity contribution in [2.24, 2.45) is 11.8 Å². The number of hydrogen-bond acceptors (Lipinski definition) is 7. The van der Waals surface area contributed by atoms with Crippen LogP contribution in [0.4, 0.5) is 5.95 Å². The number of carbonyl (C=O) groups is 1. The smallest absolute Gasteiger partial charge is 0.309 e. The Morgan fingerprint density at radius 3 is 2.85 bits per heavy atom. The third-order valence-electron chi connectivity index (χ3n) is 5.38. The van der Waals surface area contributed by atoms with Gasteiger partial charge in [-0.2, -0.15) is 4.98 Å². The van der Waals surface area contributed by atoms with Gasteiger partial charge in [0.1, 0.15) is 6.10 Å². The van der Waals surface area contributed by atoms with Crippen molar-refractivity contribution in [3.8, 4) is 0 Å². The minimum Gasteiger partial charge on any atom is -0.461 e. The van der Waals surface area contributed by atoms with E-state index in [1.807, 2.05) is 13.8 Å². The number of fused-ring (bicyclic) bond motifs is 1. The number of carbonyl (C=O) groups excluding carboxylic acids is 1. The Balaban J connectivity index is 1.91. The van der Waals surface area contributed by atoms with Crippen LogP contribution in [0.3, 0.4) is 0 Å². The van der Waals surface area contributed by atoms with Gasteiger partial charge < -0.3 is 20.1 Å². The van der Waals surface area contributed by atoms with E-state index in [0.29, 0.717) is 30.5 Å². The maximum Gasteiger partial charge on any atom is 0.309 e. The molecule has 146 valence electrons. The van der Waals surface area contributed by atoms with Gasteiger partial charge in [-0.1, -0.05) is 20.4 Å². The van der Waals surface area contributed by atoms with E-state index in [2.05, 4.69) is 21.5 Å². The van der Waals surface area contributed by atoms with Crippen LogP contribution in [0.2, 0.25) is 0 Å². The van der Waals surface area contributed by atoms with Crippen LogP contribution >= 0.6 is 0 Å². The predicted octanol–water partition coefficient (Wildman–Crippen LogP) is 1.16. The molecule has 1 aliphatic carbocycles. The number of aliphatic hydroxyl groups is 1. The minimum absolute atomic E-state index is 0.00622. The first-order valence-electron chi connectivity index (χ1n) is 9.13. The summed E-state index contributed by atoms with van der Waals surface area (Å²) in [6.45, 7) is 7.80. The van der Waals surface area contributed by atoms with Crippen LogP contribution in [0.1, 0.15) is 39.2 Å². The highest BCUT2D eigenvalue weighted by molar-refractivity contribution is 5.73. The van der Waals surface area contributed by atoms with Gasteiger partial charge >= 0.3 is 5.97 Å². The maximum absolute atomic E-state index is 12.4. The lowest BCUT2D eigenvalue weighted by molar-refractivity contribution is -0.156. The number of hydrogen-bond donors (Lipinski definition) is 3. The Bertz CT molecular complexity index is 914. The molecule has 3 atom stereocenters. The molecular formula is C18H25N5O4. The van der Waals surface area contributed by atoms with Gasteiger partial charge in [-0.25, -0.2) is 4.98 Å². The van der Waals surface area contributed by atoms with Crippen LogP contribution in [0.5, 0.6) is 0 Å². The Morgan fingerprint density at radius 2 is 2.22 bits per heavy atom. The molecule has 2 aromatic rings. The highest BCUT2D eigenvalue weighted by Crippen LogP contribution is 2.41. The highest BCUT2D eigenvalue weighted by Gasteiger charge is 2.41. The molecule has 9 nitrogen and oxygen atoms in total. The summed E-state index contributed by atoms with van der Waals surface area (Å²) in [5.41, 5.74) is 6.46. The van der Waals surface area contributed by atoms with Gasteiger partial charge in [0.2, 0.25) is 5.95 Å². The summed E-state index contributed by atoms with van der Waals surface area (Å²) in [7, 11) is 0. The average molecular weight is 375 g/mol.